The highest BCUT2D eigenvalue weighted by Crippen LogP contribution is 2.14. The summed E-state index contributed by atoms with van der Waals surface area (Å²) in [6.45, 7) is 8.05. The van der Waals surface area contributed by atoms with Gasteiger partial charge in [0.05, 0.1) is 0 Å². The summed E-state index contributed by atoms with van der Waals surface area (Å²) in [6, 6.07) is 5.67. The van der Waals surface area contributed by atoms with Crippen LogP contribution in [0.1, 0.15) is 39.7 Å². The van der Waals surface area contributed by atoms with Crippen LogP contribution in [0, 0.1) is 11.7 Å². The van der Waals surface area contributed by atoms with Crippen LogP contribution < -0.4 is 5.32 Å². The lowest BCUT2D eigenvalue weighted by Gasteiger charge is -2.28. The molecule has 0 saturated carbocycles. The summed E-state index contributed by atoms with van der Waals surface area (Å²) < 4.78 is 13.8. The number of hydrogen-bond donors (Lipinski definition) is 1. The minimum Gasteiger partial charge on any atom is -0.354 e. The molecule has 1 aromatic carbocycles. The molecule has 0 aliphatic heterocycles. The first-order valence-corrected chi connectivity index (χ1v) is 7.67. The molecule has 1 aromatic rings. The van der Waals surface area contributed by atoms with Crippen molar-refractivity contribution in [3.05, 3.63) is 35.6 Å². The molecule has 0 radical (unpaired) electrons. The van der Waals surface area contributed by atoms with Crippen LogP contribution in [0.3, 0.4) is 0 Å². The molecule has 5 heteroatoms. The minimum absolute atomic E-state index is 0.0929. The Hall–Kier alpha value is -1.91. The van der Waals surface area contributed by atoms with Crippen LogP contribution in [0.15, 0.2) is 24.3 Å². The van der Waals surface area contributed by atoms with E-state index in [4.69, 9.17) is 0 Å². The molecule has 0 spiro atoms. The van der Waals surface area contributed by atoms with Gasteiger partial charge in [-0.2, -0.15) is 0 Å². The van der Waals surface area contributed by atoms with Crippen molar-refractivity contribution >= 4 is 11.8 Å². The van der Waals surface area contributed by atoms with Gasteiger partial charge < -0.3 is 10.2 Å². The van der Waals surface area contributed by atoms with Crippen LogP contribution in [0.2, 0.25) is 0 Å². The highest BCUT2D eigenvalue weighted by Gasteiger charge is 2.25. The minimum atomic E-state index is -0.634. The quantitative estimate of drug-likeness (QED) is 0.842. The van der Waals surface area contributed by atoms with E-state index in [1.54, 1.807) is 32.0 Å². The molecule has 0 heterocycles. The summed E-state index contributed by atoms with van der Waals surface area (Å²) in [4.78, 5) is 25.7. The van der Waals surface area contributed by atoms with Crippen LogP contribution in [0.4, 0.5) is 4.39 Å². The Morgan fingerprint density at radius 3 is 2.41 bits per heavy atom. The first kappa shape index (κ1) is 18.1. The lowest BCUT2D eigenvalue weighted by Crippen LogP contribution is -2.48. The number of carbonyl (C=O) groups excluding carboxylic acids is 2. The van der Waals surface area contributed by atoms with Gasteiger partial charge in [-0.25, -0.2) is 4.39 Å². The number of benzene rings is 1. The molecule has 1 rings (SSSR count). The lowest BCUT2D eigenvalue weighted by molar-refractivity contribution is -0.140. The molecule has 2 amide bonds. The smallest absolute Gasteiger partial charge is 0.242 e. The maximum absolute atomic E-state index is 13.8. The van der Waals surface area contributed by atoms with Crippen molar-refractivity contribution in [2.45, 2.75) is 46.7 Å². The zero-order chi connectivity index (χ0) is 16.7. The maximum atomic E-state index is 13.8. The third-order valence-electron chi connectivity index (χ3n) is 3.45. The zero-order valence-electron chi connectivity index (χ0n) is 13.7. The van der Waals surface area contributed by atoms with Gasteiger partial charge >= 0.3 is 0 Å². The fraction of sp³-hybridized carbons (Fsp3) is 0.529. The van der Waals surface area contributed by atoms with Crippen molar-refractivity contribution in [2.75, 3.05) is 6.54 Å². The van der Waals surface area contributed by atoms with E-state index in [1.807, 2.05) is 13.8 Å². The fourth-order valence-corrected chi connectivity index (χ4v) is 2.05. The highest BCUT2D eigenvalue weighted by atomic mass is 19.1. The molecule has 0 fully saturated rings. The zero-order valence-corrected chi connectivity index (χ0v) is 13.7. The van der Waals surface area contributed by atoms with Gasteiger partial charge in [-0.1, -0.05) is 39.0 Å². The number of rotatable bonds is 7. The molecule has 22 heavy (non-hydrogen) atoms. The number of hydrogen-bond acceptors (Lipinski definition) is 2. The third kappa shape index (κ3) is 5.13. The lowest BCUT2D eigenvalue weighted by atomic mass is 10.1. The van der Waals surface area contributed by atoms with Crippen molar-refractivity contribution in [3.63, 3.8) is 0 Å². The summed E-state index contributed by atoms with van der Waals surface area (Å²) in [7, 11) is 0. The third-order valence-corrected chi connectivity index (χ3v) is 3.45. The van der Waals surface area contributed by atoms with Gasteiger partial charge in [-0.3, -0.25) is 9.59 Å². The topological polar surface area (TPSA) is 49.4 Å². The number of carbonyl (C=O) groups is 2. The molecule has 1 N–H and O–H groups in total. The Morgan fingerprint density at radius 2 is 1.86 bits per heavy atom. The van der Waals surface area contributed by atoms with E-state index in [1.165, 1.54) is 11.0 Å². The van der Waals surface area contributed by atoms with E-state index < -0.39 is 6.04 Å². The number of nitrogens with one attached hydrogen (secondary N) is 1. The molecule has 0 saturated heterocycles. The Morgan fingerprint density at radius 1 is 1.23 bits per heavy atom. The van der Waals surface area contributed by atoms with Gasteiger partial charge in [-0.15, -0.1) is 0 Å². The van der Waals surface area contributed by atoms with E-state index in [-0.39, 0.29) is 30.6 Å². The van der Waals surface area contributed by atoms with E-state index in [0.29, 0.717) is 18.0 Å². The first-order valence-electron chi connectivity index (χ1n) is 7.67. The molecule has 0 aliphatic carbocycles. The normalized spacial score (nSPS) is 12.1. The molecule has 0 aromatic heterocycles. The first-order chi connectivity index (χ1) is 10.4. The average molecular weight is 308 g/mol. The van der Waals surface area contributed by atoms with Gasteiger partial charge in [0.25, 0.3) is 0 Å². The fourth-order valence-electron chi connectivity index (χ4n) is 2.05. The van der Waals surface area contributed by atoms with Crippen LogP contribution in [-0.2, 0) is 16.1 Å². The maximum Gasteiger partial charge on any atom is 0.242 e. The van der Waals surface area contributed by atoms with E-state index >= 15 is 0 Å². The largest absolute Gasteiger partial charge is 0.354 e. The Labute approximate surface area is 131 Å². The van der Waals surface area contributed by atoms with E-state index in [2.05, 4.69) is 5.32 Å². The predicted molar refractivity (Wildman–Crippen MR) is 84.6 cm³/mol. The van der Waals surface area contributed by atoms with Gasteiger partial charge in [0, 0.05) is 25.1 Å². The van der Waals surface area contributed by atoms with Gasteiger partial charge in [0.2, 0.25) is 11.8 Å². The van der Waals surface area contributed by atoms with Crippen LogP contribution in [0.5, 0.6) is 0 Å². The molecule has 1 atom stereocenters. The molecule has 122 valence electrons. The van der Waals surface area contributed by atoms with Gasteiger partial charge in [0.15, 0.2) is 0 Å². The second-order valence-electron chi connectivity index (χ2n) is 5.78. The second-order valence-corrected chi connectivity index (χ2v) is 5.78. The summed E-state index contributed by atoms with van der Waals surface area (Å²) in [5.41, 5.74) is 0.410. The summed E-state index contributed by atoms with van der Waals surface area (Å²) in [5, 5.41) is 2.82. The van der Waals surface area contributed by atoms with Gasteiger partial charge in [-0.05, 0) is 18.9 Å². The van der Waals surface area contributed by atoms with Crippen molar-refractivity contribution < 1.29 is 14.0 Å². The predicted octanol–water partition coefficient (Wildman–Crippen LogP) is 2.73. The SMILES string of the molecule is CCC(=O)N(Cc1ccccc1F)[C@@H](C)C(=O)NCC(C)C. The van der Waals surface area contributed by atoms with Crippen LogP contribution in [0.25, 0.3) is 0 Å². The number of halogens is 1. The molecule has 4 nitrogen and oxygen atoms in total. The monoisotopic (exact) mass is 308 g/mol. The van der Waals surface area contributed by atoms with E-state index in [9.17, 15) is 14.0 Å². The average Bonchev–Trinajstić information content (AvgIpc) is 2.50. The molecular formula is C17H25FN2O2. The van der Waals surface area contributed by atoms with Gasteiger partial charge in [0.1, 0.15) is 11.9 Å². The molecular weight excluding hydrogens is 283 g/mol. The van der Waals surface area contributed by atoms with Crippen molar-refractivity contribution in [1.82, 2.24) is 10.2 Å². The standard InChI is InChI=1S/C17H25FN2O2/c1-5-16(21)20(11-14-8-6-7-9-15(14)18)13(4)17(22)19-10-12(2)3/h6-9,12-13H,5,10-11H2,1-4H3,(H,19,22)/t13-/m0/s1. The van der Waals surface area contributed by atoms with Crippen LogP contribution >= 0.6 is 0 Å². The van der Waals surface area contributed by atoms with Crippen molar-refractivity contribution in [3.8, 4) is 0 Å². The molecule has 0 aliphatic rings. The van der Waals surface area contributed by atoms with Crippen molar-refractivity contribution in [2.24, 2.45) is 5.92 Å². The van der Waals surface area contributed by atoms with Crippen LogP contribution in [-0.4, -0.2) is 29.3 Å². The highest BCUT2D eigenvalue weighted by molar-refractivity contribution is 5.87. The number of nitrogens with zero attached hydrogens (tertiary/aromatic N) is 1. The second kappa shape index (κ2) is 8.51. The van der Waals surface area contributed by atoms with E-state index in [0.717, 1.165) is 0 Å². The summed E-state index contributed by atoms with van der Waals surface area (Å²) >= 11 is 0. The molecule has 0 unspecified atom stereocenters. The summed E-state index contributed by atoms with van der Waals surface area (Å²) in [6.07, 6.45) is 0.274. The summed E-state index contributed by atoms with van der Waals surface area (Å²) in [5.74, 6) is -0.425. The Balaban J connectivity index is 2.86. The number of amides is 2. The Bertz CT molecular complexity index is 517. The molecule has 0 bridgehead atoms. The van der Waals surface area contributed by atoms with Crippen molar-refractivity contribution in [1.29, 1.82) is 0 Å². The Kier molecular flexibility index (Phi) is 7.02.